The average Bonchev–Trinajstić information content (AvgIpc) is 3.01. The number of aliphatic hydroxyl groups excluding tert-OH is 1. The molecule has 0 radical (unpaired) electrons. The van der Waals surface area contributed by atoms with E-state index in [1.807, 2.05) is 6.92 Å². The maximum Gasteiger partial charge on any atom is 0.306 e. The number of ketones is 1. The van der Waals surface area contributed by atoms with E-state index < -0.39 is 12.7 Å². The number of fused-ring (bicyclic) bond motifs is 1. The molecule has 116 valence electrons. The molecule has 0 unspecified atom stereocenters. The number of rotatable bonds is 3. The van der Waals surface area contributed by atoms with Crippen molar-refractivity contribution in [2.45, 2.75) is 19.4 Å². The molecule has 1 aromatic carbocycles. The SMILES string of the molecule is COc1cccc2c1C(=O)C(=C(CO)[C@H]1OC(=O)C[C@@H]1C)O2. The highest BCUT2D eigenvalue weighted by atomic mass is 16.6. The van der Waals surface area contributed by atoms with Gasteiger partial charge in [-0.1, -0.05) is 13.0 Å². The van der Waals surface area contributed by atoms with E-state index in [2.05, 4.69) is 0 Å². The lowest BCUT2D eigenvalue weighted by molar-refractivity contribution is -0.140. The zero-order chi connectivity index (χ0) is 15.9. The van der Waals surface area contributed by atoms with E-state index in [0.717, 1.165) is 0 Å². The molecule has 22 heavy (non-hydrogen) atoms. The molecule has 2 aliphatic heterocycles. The average molecular weight is 304 g/mol. The molecular formula is C16H16O6. The fourth-order valence-corrected chi connectivity index (χ4v) is 2.85. The van der Waals surface area contributed by atoms with Crippen molar-refractivity contribution < 1.29 is 28.9 Å². The van der Waals surface area contributed by atoms with Crippen LogP contribution in [0.25, 0.3) is 0 Å². The van der Waals surface area contributed by atoms with E-state index >= 15 is 0 Å². The number of allylic oxidation sites excluding steroid dienone is 1. The van der Waals surface area contributed by atoms with Gasteiger partial charge in [0.15, 0.2) is 5.76 Å². The van der Waals surface area contributed by atoms with Gasteiger partial charge in [-0.25, -0.2) is 0 Å². The third-order valence-corrected chi connectivity index (χ3v) is 3.92. The number of hydrogen-bond donors (Lipinski definition) is 1. The zero-order valence-electron chi connectivity index (χ0n) is 12.3. The molecule has 0 saturated carbocycles. The van der Waals surface area contributed by atoms with Crippen LogP contribution in [0.3, 0.4) is 0 Å². The number of carbonyl (C=O) groups is 2. The van der Waals surface area contributed by atoms with Crippen LogP contribution >= 0.6 is 0 Å². The van der Waals surface area contributed by atoms with E-state index in [1.54, 1.807) is 18.2 Å². The number of aliphatic hydroxyl groups is 1. The van der Waals surface area contributed by atoms with Gasteiger partial charge in [-0.3, -0.25) is 9.59 Å². The van der Waals surface area contributed by atoms with E-state index in [4.69, 9.17) is 14.2 Å². The van der Waals surface area contributed by atoms with Crippen LogP contribution in [0.4, 0.5) is 0 Å². The van der Waals surface area contributed by atoms with Gasteiger partial charge in [0, 0.05) is 11.5 Å². The Balaban J connectivity index is 2.05. The summed E-state index contributed by atoms with van der Waals surface area (Å²) in [5, 5.41) is 9.66. The molecule has 1 fully saturated rings. The van der Waals surface area contributed by atoms with Crippen molar-refractivity contribution in [2.24, 2.45) is 5.92 Å². The van der Waals surface area contributed by atoms with Gasteiger partial charge >= 0.3 is 5.97 Å². The number of cyclic esters (lactones) is 1. The molecule has 0 aromatic heterocycles. The van der Waals surface area contributed by atoms with Crippen molar-refractivity contribution in [1.29, 1.82) is 0 Å². The minimum Gasteiger partial charge on any atom is -0.496 e. The van der Waals surface area contributed by atoms with Crippen molar-refractivity contribution in [2.75, 3.05) is 13.7 Å². The highest BCUT2D eigenvalue weighted by Gasteiger charge is 2.40. The first-order valence-electron chi connectivity index (χ1n) is 6.99. The van der Waals surface area contributed by atoms with E-state index in [9.17, 15) is 14.7 Å². The summed E-state index contributed by atoms with van der Waals surface area (Å²) >= 11 is 0. The van der Waals surface area contributed by atoms with Crippen molar-refractivity contribution in [3.8, 4) is 11.5 Å². The first-order valence-corrected chi connectivity index (χ1v) is 6.99. The Morgan fingerprint density at radius 2 is 2.18 bits per heavy atom. The molecular weight excluding hydrogens is 288 g/mol. The van der Waals surface area contributed by atoms with Gasteiger partial charge in [-0.15, -0.1) is 0 Å². The summed E-state index contributed by atoms with van der Waals surface area (Å²) in [6, 6.07) is 5.03. The molecule has 0 spiro atoms. The second kappa shape index (κ2) is 5.46. The predicted octanol–water partition coefficient (Wildman–Crippen LogP) is 1.47. The standard InChI is InChI=1S/C16H16O6/c1-8-6-12(18)22-15(8)9(7-17)16-14(19)13-10(20-2)4-3-5-11(13)21-16/h3-5,8,15,17H,6-7H2,1-2H3/t8-,15-/m0/s1. The summed E-state index contributed by atoms with van der Waals surface area (Å²) in [6.07, 6.45) is -0.386. The molecule has 6 nitrogen and oxygen atoms in total. The second-order valence-corrected chi connectivity index (χ2v) is 5.37. The number of Topliss-reactive ketones (excluding diaryl/α,β-unsaturated/α-hetero) is 1. The molecule has 0 amide bonds. The summed E-state index contributed by atoms with van der Waals surface area (Å²) in [6.45, 7) is 1.42. The topological polar surface area (TPSA) is 82.1 Å². The maximum atomic E-state index is 12.6. The first-order chi connectivity index (χ1) is 10.6. The van der Waals surface area contributed by atoms with Crippen molar-refractivity contribution >= 4 is 11.8 Å². The molecule has 3 rings (SSSR count). The van der Waals surface area contributed by atoms with Gasteiger partial charge in [0.2, 0.25) is 5.78 Å². The quantitative estimate of drug-likeness (QED) is 0.672. The van der Waals surface area contributed by atoms with E-state index in [1.165, 1.54) is 7.11 Å². The lowest BCUT2D eigenvalue weighted by Gasteiger charge is -2.17. The second-order valence-electron chi connectivity index (χ2n) is 5.37. The van der Waals surface area contributed by atoms with Gasteiger partial charge in [-0.2, -0.15) is 0 Å². The van der Waals surface area contributed by atoms with Gasteiger partial charge in [0.1, 0.15) is 23.2 Å². The Kier molecular flexibility index (Phi) is 3.62. The number of ether oxygens (including phenoxy) is 3. The van der Waals surface area contributed by atoms with Crippen LogP contribution in [0.1, 0.15) is 23.7 Å². The van der Waals surface area contributed by atoms with Crippen LogP contribution in [0.2, 0.25) is 0 Å². The van der Waals surface area contributed by atoms with Crippen LogP contribution in [0.15, 0.2) is 29.5 Å². The number of carbonyl (C=O) groups excluding carboxylic acids is 2. The van der Waals surface area contributed by atoms with E-state index in [0.29, 0.717) is 22.6 Å². The Morgan fingerprint density at radius 3 is 2.77 bits per heavy atom. The number of esters is 1. The van der Waals surface area contributed by atoms with Crippen LogP contribution in [-0.2, 0) is 9.53 Å². The molecule has 0 bridgehead atoms. The monoisotopic (exact) mass is 304 g/mol. The third kappa shape index (κ3) is 2.16. The van der Waals surface area contributed by atoms with E-state index in [-0.39, 0.29) is 29.9 Å². The third-order valence-electron chi connectivity index (χ3n) is 3.92. The van der Waals surface area contributed by atoms with Gasteiger partial charge < -0.3 is 19.3 Å². The number of hydrogen-bond acceptors (Lipinski definition) is 6. The Hall–Kier alpha value is -2.34. The molecule has 1 aromatic rings. The molecule has 6 heteroatoms. The first kappa shape index (κ1) is 14.6. The highest BCUT2D eigenvalue weighted by molar-refractivity contribution is 6.14. The van der Waals surface area contributed by atoms with Crippen molar-refractivity contribution in [3.05, 3.63) is 35.1 Å². The fraction of sp³-hybridized carbons (Fsp3) is 0.375. The molecule has 0 aliphatic carbocycles. The van der Waals surface area contributed by atoms with Crippen molar-refractivity contribution in [1.82, 2.24) is 0 Å². The molecule has 1 N–H and O–H groups in total. The normalized spacial score (nSPS) is 25.6. The maximum absolute atomic E-state index is 12.6. The largest absolute Gasteiger partial charge is 0.496 e. The highest BCUT2D eigenvalue weighted by Crippen LogP contribution is 2.40. The van der Waals surface area contributed by atoms with Gasteiger partial charge in [-0.05, 0) is 12.1 Å². The summed E-state index contributed by atoms with van der Waals surface area (Å²) in [7, 11) is 1.47. The molecule has 2 heterocycles. The van der Waals surface area contributed by atoms with Crippen molar-refractivity contribution in [3.63, 3.8) is 0 Å². The summed E-state index contributed by atoms with van der Waals surface area (Å²) < 4.78 is 16.0. The lowest BCUT2D eigenvalue weighted by atomic mass is 9.95. The Labute approximate surface area is 127 Å². The lowest BCUT2D eigenvalue weighted by Crippen LogP contribution is -2.23. The number of benzene rings is 1. The summed E-state index contributed by atoms with van der Waals surface area (Å²) in [4.78, 5) is 24.0. The summed E-state index contributed by atoms with van der Waals surface area (Å²) in [5.74, 6) is -0.0255. The number of methoxy groups -OCH3 is 1. The van der Waals surface area contributed by atoms with Crippen LogP contribution in [0, 0.1) is 5.92 Å². The molecule has 2 atom stereocenters. The summed E-state index contributed by atoms with van der Waals surface area (Å²) in [5.41, 5.74) is 0.615. The fourth-order valence-electron chi connectivity index (χ4n) is 2.85. The van der Waals surface area contributed by atoms with Gasteiger partial charge in [0.25, 0.3) is 0 Å². The smallest absolute Gasteiger partial charge is 0.306 e. The minimum atomic E-state index is -0.642. The van der Waals surface area contributed by atoms with Crippen LogP contribution in [-0.4, -0.2) is 36.7 Å². The van der Waals surface area contributed by atoms with Crippen LogP contribution < -0.4 is 9.47 Å². The molecule has 1 saturated heterocycles. The van der Waals surface area contributed by atoms with Crippen LogP contribution in [0.5, 0.6) is 11.5 Å². The van der Waals surface area contributed by atoms with Gasteiger partial charge in [0.05, 0.1) is 20.1 Å². The zero-order valence-corrected chi connectivity index (χ0v) is 12.3. The molecule has 2 aliphatic rings. The predicted molar refractivity (Wildman–Crippen MR) is 75.7 cm³/mol. The Bertz CT molecular complexity index is 675. The Morgan fingerprint density at radius 1 is 1.41 bits per heavy atom. The minimum absolute atomic E-state index is 0.0218.